The summed E-state index contributed by atoms with van der Waals surface area (Å²) in [6.07, 6.45) is 0. The van der Waals surface area contributed by atoms with Gasteiger partial charge in [0.1, 0.15) is 0 Å². The Bertz CT molecular complexity index is 3780. The van der Waals surface area contributed by atoms with Gasteiger partial charge in [0.05, 0.1) is 0 Å². The van der Waals surface area contributed by atoms with Crippen LogP contribution >= 0.6 is 0 Å². The molecular weight excluding hydrogens is 749 g/mol. The van der Waals surface area contributed by atoms with Crippen LogP contribution in [-0.2, 0) is 0 Å². The van der Waals surface area contributed by atoms with E-state index in [9.17, 15) is 0 Å². The van der Waals surface area contributed by atoms with E-state index in [4.69, 9.17) is 0 Å². The van der Waals surface area contributed by atoms with Gasteiger partial charge in [-0.15, -0.1) is 0 Å². The Hall–Kier alpha value is -8.08. The number of hydrogen-bond donors (Lipinski definition) is 0. The Labute approximate surface area is 359 Å². The second-order valence-electron chi connectivity index (χ2n) is 16.9. The lowest BCUT2D eigenvalue weighted by Gasteiger charge is -2.41. The van der Waals surface area contributed by atoms with Crippen molar-refractivity contribution in [1.29, 1.82) is 0 Å². The third-order valence-corrected chi connectivity index (χ3v) is 13.6. The molecule has 0 atom stereocenters. The summed E-state index contributed by atoms with van der Waals surface area (Å²) in [5, 5.41) is 12.4. The number of rotatable bonds is 4. The summed E-state index contributed by atoms with van der Waals surface area (Å²) in [5.41, 5.74) is 14.6. The summed E-state index contributed by atoms with van der Waals surface area (Å²) in [4.78, 5) is 5.03. The van der Waals surface area contributed by atoms with E-state index in [0.717, 1.165) is 22.7 Å². The van der Waals surface area contributed by atoms with Crippen molar-refractivity contribution in [3.8, 4) is 11.1 Å². The summed E-state index contributed by atoms with van der Waals surface area (Å²) in [6, 6.07) is 81.4. The molecule has 4 heteroatoms. The van der Waals surface area contributed by atoms with Crippen LogP contribution in [0.3, 0.4) is 0 Å². The van der Waals surface area contributed by atoms with Crippen molar-refractivity contribution in [1.82, 2.24) is 4.48 Å². The van der Waals surface area contributed by atoms with Gasteiger partial charge in [0.2, 0.25) is 0 Å². The lowest BCUT2D eigenvalue weighted by atomic mass is 9.45. The SMILES string of the molecule is c1ccc2cc(N(c3cc4c5c(c3)N(c3ccc6ccccc6c3)c3cc6ccccc6cc3B5n3c5ccccc5c5cccc-4c53)c3ccc4ccccc4c3)ccc2c1. The first kappa shape index (κ1) is 33.7. The number of nitrogens with zero attached hydrogens (tertiary/aromatic N) is 3. The van der Waals surface area contributed by atoms with E-state index in [1.807, 2.05) is 0 Å². The quantitative estimate of drug-likeness (QED) is 0.165. The molecule has 0 unspecified atom stereocenters. The molecule has 2 aliphatic heterocycles. The minimum atomic E-state index is -0.0579. The molecule has 0 spiro atoms. The van der Waals surface area contributed by atoms with Crippen molar-refractivity contribution in [3.05, 3.63) is 218 Å². The van der Waals surface area contributed by atoms with Crippen molar-refractivity contribution in [2.45, 2.75) is 0 Å². The highest BCUT2D eigenvalue weighted by Gasteiger charge is 2.43. The van der Waals surface area contributed by atoms with Crippen molar-refractivity contribution in [2.24, 2.45) is 0 Å². The third kappa shape index (κ3) is 4.78. The van der Waals surface area contributed by atoms with E-state index < -0.39 is 0 Å². The first-order chi connectivity index (χ1) is 30.7. The van der Waals surface area contributed by atoms with Gasteiger partial charge in [0.15, 0.2) is 0 Å². The average molecular weight is 786 g/mol. The van der Waals surface area contributed by atoms with E-state index in [1.54, 1.807) is 0 Å². The number of aromatic nitrogens is 1. The smallest absolute Gasteiger partial charge is 0.333 e. The zero-order valence-electron chi connectivity index (χ0n) is 33.7. The molecule has 0 aliphatic carbocycles. The zero-order chi connectivity index (χ0) is 40.5. The van der Waals surface area contributed by atoms with Gasteiger partial charge in [-0.1, -0.05) is 158 Å². The molecule has 0 amide bonds. The highest BCUT2D eigenvalue weighted by molar-refractivity contribution is 6.90. The van der Waals surface area contributed by atoms with Gasteiger partial charge in [0, 0.05) is 61.5 Å². The summed E-state index contributed by atoms with van der Waals surface area (Å²) < 4.78 is 2.65. The maximum absolute atomic E-state index is 2.65. The van der Waals surface area contributed by atoms with Crippen molar-refractivity contribution < 1.29 is 0 Å². The van der Waals surface area contributed by atoms with Crippen molar-refractivity contribution >= 4 is 117 Å². The molecule has 11 aromatic carbocycles. The van der Waals surface area contributed by atoms with Gasteiger partial charge in [-0.25, -0.2) is 0 Å². The fourth-order valence-corrected chi connectivity index (χ4v) is 10.9. The van der Waals surface area contributed by atoms with Crippen LogP contribution in [0.1, 0.15) is 0 Å². The Kier molecular flexibility index (Phi) is 6.92. The maximum Gasteiger partial charge on any atom is 0.333 e. The number of para-hydroxylation sites is 2. The van der Waals surface area contributed by atoms with Crippen LogP contribution in [0.2, 0.25) is 0 Å². The fraction of sp³-hybridized carbons (Fsp3) is 0. The van der Waals surface area contributed by atoms with Gasteiger partial charge >= 0.3 is 6.85 Å². The van der Waals surface area contributed by atoms with Crippen molar-refractivity contribution in [3.63, 3.8) is 0 Å². The molecular formula is C58H36BN3. The van der Waals surface area contributed by atoms with E-state index in [0.29, 0.717) is 0 Å². The van der Waals surface area contributed by atoms with Crippen LogP contribution in [0.5, 0.6) is 0 Å². The molecule has 0 fully saturated rings. The highest BCUT2D eigenvalue weighted by atomic mass is 15.2. The number of anilines is 6. The van der Waals surface area contributed by atoms with E-state index in [1.165, 1.54) is 98.3 Å². The molecule has 12 aromatic rings. The average Bonchev–Trinajstić information content (AvgIpc) is 3.67. The minimum Gasteiger partial charge on any atom is -0.375 e. The lowest BCUT2D eigenvalue weighted by molar-refractivity contribution is 1.24. The van der Waals surface area contributed by atoms with E-state index >= 15 is 0 Å². The molecule has 0 saturated carbocycles. The molecule has 2 aliphatic rings. The summed E-state index contributed by atoms with van der Waals surface area (Å²) >= 11 is 0. The Morgan fingerprint density at radius 1 is 0.355 bits per heavy atom. The van der Waals surface area contributed by atoms with Crippen molar-refractivity contribution in [2.75, 3.05) is 9.80 Å². The first-order valence-electron chi connectivity index (χ1n) is 21.5. The summed E-state index contributed by atoms with van der Waals surface area (Å²) in [5.74, 6) is 0. The van der Waals surface area contributed by atoms with Crippen LogP contribution in [0.25, 0.3) is 76.0 Å². The largest absolute Gasteiger partial charge is 0.375 e. The third-order valence-electron chi connectivity index (χ3n) is 13.6. The highest BCUT2D eigenvalue weighted by Crippen LogP contribution is 2.49. The van der Waals surface area contributed by atoms with E-state index in [2.05, 4.69) is 233 Å². The second kappa shape index (κ2) is 12.7. The standard InChI is InChI=1S/C58H36BN3/c1-4-15-40-30-45(27-24-37(40)12-1)60(46-28-25-38-13-2-5-16-41(38)31-46)48-35-52-51-22-11-21-50-49-20-9-10-23-54(49)62(58(50)51)59-53-33-43-18-7-8-19-44(43)34-55(53)61(56(36-48)57(52)59)47-29-26-39-14-3-6-17-42(39)32-47/h1-36H. The molecule has 286 valence electrons. The molecule has 62 heavy (non-hydrogen) atoms. The molecule has 0 N–H and O–H groups in total. The molecule has 14 rings (SSSR count). The Morgan fingerprint density at radius 2 is 0.903 bits per heavy atom. The topological polar surface area (TPSA) is 11.4 Å². The first-order valence-corrected chi connectivity index (χ1v) is 21.5. The second-order valence-corrected chi connectivity index (χ2v) is 16.9. The van der Waals surface area contributed by atoms with Gasteiger partial charge in [0.25, 0.3) is 0 Å². The summed E-state index contributed by atoms with van der Waals surface area (Å²) in [6.45, 7) is -0.0579. The number of hydrogen-bond acceptors (Lipinski definition) is 2. The normalized spacial score (nSPS) is 12.8. The fourth-order valence-electron chi connectivity index (χ4n) is 10.9. The van der Waals surface area contributed by atoms with Crippen LogP contribution in [-0.4, -0.2) is 11.3 Å². The maximum atomic E-state index is 2.65. The van der Waals surface area contributed by atoms with Crippen LogP contribution in [0.15, 0.2) is 218 Å². The molecule has 3 nitrogen and oxygen atoms in total. The molecule has 0 radical (unpaired) electrons. The molecule has 0 saturated heterocycles. The number of fused-ring (bicyclic) bond motifs is 11. The Morgan fingerprint density at radius 3 is 1.58 bits per heavy atom. The van der Waals surface area contributed by atoms with Crippen LogP contribution < -0.4 is 20.7 Å². The van der Waals surface area contributed by atoms with Gasteiger partial charge in [-0.2, -0.15) is 0 Å². The zero-order valence-corrected chi connectivity index (χ0v) is 33.7. The Balaban J connectivity index is 1.14. The predicted octanol–water partition coefficient (Wildman–Crippen LogP) is 14.3. The monoisotopic (exact) mass is 785 g/mol. The van der Waals surface area contributed by atoms with Gasteiger partial charge in [-0.3, -0.25) is 0 Å². The molecule has 0 bridgehead atoms. The van der Waals surface area contributed by atoms with E-state index in [-0.39, 0.29) is 6.85 Å². The van der Waals surface area contributed by atoms with Crippen LogP contribution in [0, 0.1) is 0 Å². The lowest BCUT2D eigenvalue weighted by Crippen LogP contribution is -2.56. The minimum absolute atomic E-state index is 0.0579. The molecule has 3 heterocycles. The number of benzene rings is 11. The van der Waals surface area contributed by atoms with Gasteiger partial charge < -0.3 is 14.3 Å². The predicted molar refractivity (Wildman–Crippen MR) is 265 cm³/mol. The van der Waals surface area contributed by atoms with Crippen LogP contribution in [0.4, 0.5) is 34.1 Å². The molecule has 1 aromatic heterocycles. The van der Waals surface area contributed by atoms with Gasteiger partial charge in [-0.05, 0) is 120 Å². The summed E-state index contributed by atoms with van der Waals surface area (Å²) in [7, 11) is 0.